The Bertz CT molecular complexity index is 696. The van der Waals surface area contributed by atoms with Crippen molar-refractivity contribution in [2.45, 2.75) is 50.6 Å². The van der Waals surface area contributed by atoms with Crippen molar-refractivity contribution < 1.29 is 9.53 Å². The maximum absolute atomic E-state index is 12.1. The molecule has 1 fully saturated rings. The molecule has 140 valence electrons. The van der Waals surface area contributed by atoms with Gasteiger partial charge in [-0.25, -0.2) is 4.98 Å². The molecule has 1 saturated carbocycles. The first-order valence-corrected chi connectivity index (χ1v) is 10.3. The number of rotatable bonds is 9. The van der Waals surface area contributed by atoms with Crippen LogP contribution in [0.2, 0.25) is 0 Å². The Morgan fingerprint density at radius 1 is 1.31 bits per heavy atom. The first-order valence-electron chi connectivity index (χ1n) is 9.29. The highest BCUT2D eigenvalue weighted by Crippen LogP contribution is 2.28. The minimum Gasteiger partial charge on any atom is -0.494 e. The quantitative estimate of drug-likeness (QED) is 0.647. The van der Waals surface area contributed by atoms with Crippen LogP contribution in [0.4, 0.5) is 5.69 Å². The number of amides is 1. The number of benzene rings is 1. The minimum atomic E-state index is -0.0727. The molecule has 26 heavy (non-hydrogen) atoms. The smallest absolute Gasteiger partial charge is 0.234 e. The van der Waals surface area contributed by atoms with Gasteiger partial charge in [0.15, 0.2) is 0 Å². The van der Waals surface area contributed by atoms with Gasteiger partial charge in [0, 0.05) is 12.1 Å². The summed E-state index contributed by atoms with van der Waals surface area (Å²) in [6.45, 7) is 2.57. The second-order valence-corrected chi connectivity index (χ2v) is 7.49. The van der Waals surface area contributed by atoms with Crippen molar-refractivity contribution in [1.29, 1.82) is 0 Å². The predicted octanol–water partition coefficient (Wildman–Crippen LogP) is 4.06. The van der Waals surface area contributed by atoms with Gasteiger partial charge in [-0.05, 0) is 43.5 Å². The Morgan fingerprint density at radius 3 is 2.81 bits per heavy atom. The van der Waals surface area contributed by atoms with Crippen LogP contribution in [0.5, 0.6) is 5.75 Å². The first kappa shape index (κ1) is 18.8. The van der Waals surface area contributed by atoms with Gasteiger partial charge in [0.05, 0.1) is 12.4 Å². The van der Waals surface area contributed by atoms with Crippen LogP contribution in [-0.4, -0.2) is 33.4 Å². The molecule has 1 amide bonds. The molecule has 1 aromatic carbocycles. The molecule has 1 aliphatic rings. The normalized spacial score (nSPS) is 14.5. The lowest BCUT2D eigenvalue weighted by Crippen LogP contribution is -2.14. The molecule has 0 atom stereocenters. The molecule has 0 radical (unpaired) electrons. The summed E-state index contributed by atoms with van der Waals surface area (Å²) in [5.41, 5.74) is 0.756. The van der Waals surface area contributed by atoms with Gasteiger partial charge in [-0.3, -0.25) is 9.89 Å². The number of ether oxygens (including phenoxy) is 1. The molecule has 1 aromatic heterocycles. The summed E-state index contributed by atoms with van der Waals surface area (Å²) in [7, 11) is 0. The molecule has 7 heteroatoms. The van der Waals surface area contributed by atoms with Crippen molar-refractivity contribution in [2.24, 2.45) is 5.92 Å². The van der Waals surface area contributed by atoms with Gasteiger partial charge < -0.3 is 10.1 Å². The van der Waals surface area contributed by atoms with E-state index in [0.717, 1.165) is 29.6 Å². The number of carbonyl (C=O) groups is 1. The number of carbonyl (C=O) groups excluding carboxylic acids is 1. The van der Waals surface area contributed by atoms with Crippen LogP contribution >= 0.6 is 11.8 Å². The highest BCUT2D eigenvalue weighted by molar-refractivity contribution is 7.99. The highest BCUT2D eigenvalue weighted by Gasteiger charge is 2.16. The van der Waals surface area contributed by atoms with E-state index in [4.69, 9.17) is 4.74 Å². The molecule has 2 aromatic rings. The van der Waals surface area contributed by atoms with E-state index >= 15 is 0 Å². The Hall–Kier alpha value is -2.02. The van der Waals surface area contributed by atoms with E-state index in [9.17, 15) is 4.79 Å². The average Bonchev–Trinajstić information content (AvgIpc) is 3.32. The summed E-state index contributed by atoms with van der Waals surface area (Å²) in [4.78, 5) is 16.6. The predicted molar refractivity (Wildman–Crippen MR) is 104 cm³/mol. The number of H-pyrrole nitrogens is 1. The number of anilines is 1. The molecule has 0 aliphatic heterocycles. The molecular formula is C19H26N4O2S. The zero-order valence-electron chi connectivity index (χ0n) is 15.2. The SMILES string of the molecule is CCOc1ccc(NC(=O)CSc2n[nH]c(CCC3CCCC3)n2)cc1. The Kier molecular flexibility index (Phi) is 6.94. The zero-order chi connectivity index (χ0) is 18.2. The Balaban J connectivity index is 1.39. The number of aromatic nitrogens is 3. The van der Waals surface area contributed by atoms with Gasteiger partial charge >= 0.3 is 0 Å². The number of aromatic amines is 1. The second-order valence-electron chi connectivity index (χ2n) is 6.55. The fourth-order valence-electron chi connectivity index (χ4n) is 3.22. The third-order valence-electron chi connectivity index (χ3n) is 4.56. The summed E-state index contributed by atoms with van der Waals surface area (Å²) in [5.74, 6) is 2.78. The van der Waals surface area contributed by atoms with Crippen molar-refractivity contribution in [3.8, 4) is 5.75 Å². The van der Waals surface area contributed by atoms with Gasteiger partial charge in [0.2, 0.25) is 11.1 Å². The zero-order valence-corrected chi connectivity index (χ0v) is 16.0. The average molecular weight is 375 g/mol. The molecule has 0 spiro atoms. The molecule has 0 unspecified atom stereocenters. The van der Waals surface area contributed by atoms with Crippen LogP contribution in [0.25, 0.3) is 0 Å². The van der Waals surface area contributed by atoms with Gasteiger partial charge in [-0.1, -0.05) is 37.4 Å². The number of thioether (sulfide) groups is 1. The molecule has 1 heterocycles. The lowest BCUT2D eigenvalue weighted by Gasteiger charge is -2.06. The summed E-state index contributed by atoms with van der Waals surface area (Å²) < 4.78 is 5.39. The van der Waals surface area contributed by atoms with Crippen molar-refractivity contribution in [3.05, 3.63) is 30.1 Å². The standard InChI is InChI=1S/C19H26N4O2S/c1-2-25-16-10-8-15(9-11-16)20-18(24)13-26-19-21-17(22-23-19)12-7-14-5-3-4-6-14/h8-11,14H,2-7,12-13H2,1H3,(H,20,24)(H,21,22,23). The van der Waals surface area contributed by atoms with Crippen LogP contribution in [0.3, 0.4) is 0 Å². The number of aryl methyl sites for hydroxylation is 1. The molecule has 0 saturated heterocycles. The van der Waals surface area contributed by atoms with E-state index in [1.54, 1.807) is 0 Å². The summed E-state index contributed by atoms with van der Waals surface area (Å²) >= 11 is 1.35. The van der Waals surface area contributed by atoms with Gasteiger partial charge in [0.1, 0.15) is 11.6 Å². The number of nitrogens with one attached hydrogen (secondary N) is 2. The molecule has 0 bridgehead atoms. The van der Waals surface area contributed by atoms with E-state index in [1.165, 1.54) is 43.9 Å². The second kappa shape index (κ2) is 9.62. The lowest BCUT2D eigenvalue weighted by molar-refractivity contribution is -0.113. The van der Waals surface area contributed by atoms with E-state index in [1.807, 2.05) is 31.2 Å². The van der Waals surface area contributed by atoms with Crippen molar-refractivity contribution in [3.63, 3.8) is 0 Å². The molecule has 1 aliphatic carbocycles. The van der Waals surface area contributed by atoms with E-state index in [2.05, 4.69) is 20.5 Å². The fourth-order valence-corrected chi connectivity index (χ4v) is 3.84. The monoisotopic (exact) mass is 374 g/mol. The van der Waals surface area contributed by atoms with Crippen LogP contribution in [0.15, 0.2) is 29.4 Å². The van der Waals surface area contributed by atoms with E-state index in [-0.39, 0.29) is 11.7 Å². The van der Waals surface area contributed by atoms with Crippen molar-refractivity contribution in [1.82, 2.24) is 15.2 Å². The topological polar surface area (TPSA) is 79.9 Å². The third-order valence-corrected chi connectivity index (χ3v) is 5.40. The largest absolute Gasteiger partial charge is 0.494 e. The van der Waals surface area contributed by atoms with Gasteiger partial charge in [-0.2, -0.15) is 0 Å². The molecule has 3 rings (SSSR count). The lowest BCUT2D eigenvalue weighted by atomic mass is 10.0. The Labute approximate surface area is 158 Å². The van der Waals surface area contributed by atoms with Crippen molar-refractivity contribution in [2.75, 3.05) is 17.7 Å². The van der Waals surface area contributed by atoms with Crippen LogP contribution in [0, 0.1) is 5.92 Å². The van der Waals surface area contributed by atoms with Gasteiger partial charge in [-0.15, -0.1) is 5.10 Å². The van der Waals surface area contributed by atoms with E-state index < -0.39 is 0 Å². The Morgan fingerprint density at radius 2 is 2.08 bits per heavy atom. The molecule has 2 N–H and O–H groups in total. The maximum atomic E-state index is 12.1. The molecular weight excluding hydrogens is 348 g/mol. The van der Waals surface area contributed by atoms with E-state index in [0.29, 0.717) is 11.8 Å². The van der Waals surface area contributed by atoms with Gasteiger partial charge in [0.25, 0.3) is 0 Å². The number of nitrogens with zero attached hydrogens (tertiary/aromatic N) is 2. The molecule has 6 nitrogen and oxygen atoms in total. The fraction of sp³-hybridized carbons (Fsp3) is 0.526. The van der Waals surface area contributed by atoms with Crippen LogP contribution < -0.4 is 10.1 Å². The third kappa shape index (κ3) is 5.76. The number of hydrogen-bond donors (Lipinski definition) is 2. The first-order chi connectivity index (χ1) is 12.7. The maximum Gasteiger partial charge on any atom is 0.234 e. The summed E-state index contributed by atoms with van der Waals surface area (Å²) in [6, 6.07) is 7.36. The number of hydrogen-bond acceptors (Lipinski definition) is 5. The highest BCUT2D eigenvalue weighted by atomic mass is 32.2. The summed E-state index contributed by atoms with van der Waals surface area (Å²) in [6.07, 6.45) is 7.55. The van der Waals surface area contributed by atoms with Crippen LogP contribution in [-0.2, 0) is 11.2 Å². The van der Waals surface area contributed by atoms with Crippen LogP contribution in [0.1, 0.15) is 44.9 Å². The minimum absolute atomic E-state index is 0.0727. The van der Waals surface area contributed by atoms with Crippen molar-refractivity contribution >= 4 is 23.4 Å². The summed E-state index contributed by atoms with van der Waals surface area (Å²) in [5, 5.41) is 10.7.